The second-order valence-corrected chi connectivity index (χ2v) is 15.0. The van der Waals surface area contributed by atoms with Crippen molar-refractivity contribution < 1.29 is 8.83 Å². The molecule has 0 aliphatic carbocycles. The first-order valence-electron chi connectivity index (χ1n) is 18.9. The summed E-state index contributed by atoms with van der Waals surface area (Å²) in [6, 6.07) is 50.4. The number of imidazole rings is 1. The summed E-state index contributed by atoms with van der Waals surface area (Å²) in [4.78, 5) is 5.37. The van der Waals surface area contributed by atoms with Crippen LogP contribution in [0.1, 0.15) is 56.2 Å². The summed E-state index contributed by atoms with van der Waals surface area (Å²) in [6.07, 6.45) is 0. The Kier molecular flexibility index (Phi) is 7.50. The monoisotopic (exact) mass is 711 g/mol. The van der Waals surface area contributed by atoms with Crippen LogP contribution in [0.5, 0.6) is 0 Å². The smallest absolute Gasteiger partial charge is 0.149 e. The van der Waals surface area contributed by atoms with Gasteiger partial charge in [-0.25, -0.2) is 4.98 Å². The second-order valence-electron chi connectivity index (χ2n) is 15.0. The Morgan fingerprint density at radius 2 is 1.22 bits per heavy atom. The minimum Gasteiger partial charge on any atom is -0.456 e. The van der Waals surface area contributed by atoms with Gasteiger partial charge in [-0.15, -0.1) is 0 Å². The molecule has 264 valence electrons. The molecule has 7 aromatic carbocycles. The molecule has 0 spiro atoms. The lowest BCUT2D eigenvalue weighted by atomic mass is 9.89. The molecule has 0 atom stereocenters. The molecule has 0 bridgehead atoms. The maximum absolute atomic E-state index is 9.52. The second kappa shape index (κ2) is 12.6. The maximum Gasteiger partial charge on any atom is 0.149 e. The van der Waals surface area contributed by atoms with E-state index >= 15 is 0 Å². The normalized spacial score (nSPS) is 11.9. The molecule has 0 radical (unpaired) electrons. The molecule has 0 saturated heterocycles. The van der Waals surface area contributed by atoms with E-state index in [-0.39, 0.29) is 11.8 Å². The van der Waals surface area contributed by atoms with Gasteiger partial charge in [0.1, 0.15) is 28.2 Å². The van der Waals surface area contributed by atoms with E-state index in [1.165, 1.54) is 5.56 Å². The third-order valence-electron chi connectivity index (χ3n) is 11.0. The molecule has 5 heteroatoms. The molecule has 3 aromatic heterocycles. The van der Waals surface area contributed by atoms with Gasteiger partial charge in [0.25, 0.3) is 0 Å². The molecular formula is C50H37N3O2. The Hall–Kier alpha value is -6.90. The maximum atomic E-state index is 9.52. The minimum atomic E-state index is 0.138. The van der Waals surface area contributed by atoms with Crippen molar-refractivity contribution in [2.75, 3.05) is 0 Å². The number of para-hydroxylation sites is 3. The lowest BCUT2D eigenvalue weighted by Gasteiger charge is -2.23. The van der Waals surface area contributed by atoms with Crippen LogP contribution in [0.4, 0.5) is 0 Å². The zero-order valence-corrected chi connectivity index (χ0v) is 31.1. The van der Waals surface area contributed by atoms with Gasteiger partial charge in [0.15, 0.2) is 0 Å². The van der Waals surface area contributed by atoms with Crippen molar-refractivity contribution in [3.8, 4) is 45.4 Å². The van der Waals surface area contributed by atoms with E-state index in [4.69, 9.17) is 13.8 Å². The van der Waals surface area contributed by atoms with Crippen LogP contribution in [0.2, 0.25) is 0 Å². The Morgan fingerprint density at radius 3 is 1.96 bits per heavy atom. The van der Waals surface area contributed by atoms with Crippen molar-refractivity contribution in [3.63, 3.8) is 0 Å². The van der Waals surface area contributed by atoms with Crippen LogP contribution in [-0.2, 0) is 0 Å². The number of rotatable bonds is 6. The third kappa shape index (κ3) is 5.17. The molecular weight excluding hydrogens is 675 g/mol. The number of fused-ring (bicyclic) bond motifs is 7. The summed E-state index contributed by atoms with van der Waals surface area (Å²) in [5, 5.41) is 13.8. The zero-order chi connectivity index (χ0) is 37.4. The topological polar surface area (TPSA) is 67.9 Å². The number of furan rings is 2. The van der Waals surface area contributed by atoms with Gasteiger partial charge < -0.3 is 8.83 Å². The van der Waals surface area contributed by atoms with Crippen molar-refractivity contribution in [3.05, 3.63) is 156 Å². The molecule has 5 nitrogen and oxygen atoms in total. The number of hydrogen-bond acceptors (Lipinski definition) is 4. The number of benzene rings is 7. The van der Waals surface area contributed by atoms with Crippen LogP contribution < -0.4 is 0 Å². The van der Waals surface area contributed by atoms with E-state index in [2.05, 4.69) is 141 Å². The lowest BCUT2D eigenvalue weighted by Crippen LogP contribution is -2.09. The van der Waals surface area contributed by atoms with Gasteiger partial charge in [-0.2, -0.15) is 5.26 Å². The van der Waals surface area contributed by atoms with Gasteiger partial charge >= 0.3 is 0 Å². The van der Waals surface area contributed by atoms with Gasteiger partial charge in [-0.3, -0.25) is 4.57 Å². The van der Waals surface area contributed by atoms with Gasteiger partial charge in [0.2, 0.25) is 0 Å². The summed E-state index contributed by atoms with van der Waals surface area (Å²) in [5.74, 6) is 1.16. The predicted octanol–water partition coefficient (Wildman–Crippen LogP) is 13.9. The third-order valence-corrected chi connectivity index (χ3v) is 11.0. The number of aromatic nitrogens is 2. The molecule has 0 saturated carbocycles. The fourth-order valence-electron chi connectivity index (χ4n) is 8.34. The molecule has 3 heterocycles. The average molecular weight is 712 g/mol. The Labute approximate surface area is 318 Å². The SMILES string of the molecule is CC(C)c1cc2c(oc3cc(-c4ccccc4)ccc32)c(C(C)C)c1-n1c(-c2cccc3c2oc2cc(-c4cccc(C#N)c4)ccc23)nc2ccccc21. The van der Waals surface area contributed by atoms with Crippen LogP contribution >= 0.6 is 0 Å². The van der Waals surface area contributed by atoms with Crippen LogP contribution in [0.3, 0.4) is 0 Å². The first-order valence-corrected chi connectivity index (χ1v) is 18.9. The van der Waals surface area contributed by atoms with E-state index in [9.17, 15) is 5.26 Å². The lowest BCUT2D eigenvalue weighted by molar-refractivity contribution is 0.655. The fraction of sp³-hybridized carbons (Fsp3) is 0.120. The molecule has 0 N–H and O–H groups in total. The molecule has 10 rings (SSSR count). The van der Waals surface area contributed by atoms with Gasteiger partial charge in [0.05, 0.1) is 33.9 Å². The Morgan fingerprint density at radius 1 is 0.564 bits per heavy atom. The fourth-order valence-corrected chi connectivity index (χ4v) is 8.34. The quantitative estimate of drug-likeness (QED) is 0.172. The molecule has 10 aromatic rings. The van der Waals surface area contributed by atoms with Gasteiger partial charge in [0, 0.05) is 27.1 Å². The van der Waals surface area contributed by atoms with E-state index in [1.807, 2.05) is 36.4 Å². The minimum absolute atomic E-state index is 0.138. The Bertz CT molecular complexity index is 3170. The van der Waals surface area contributed by atoms with Crippen LogP contribution in [0.15, 0.2) is 148 Å². The number of hydrogen-bond donors (Lipinski definition) is 0. The van der Waals surface area contributed by atoms with E-state index < -0.39 is 0 Å². The van der Waals surface area contributed by atoms with E-state index in [1.54, 1.807) is 0 Å². The first kappa shape index (κ1) is 32.7. The molecule has 0 unspecified atom stereocenters. The Balaban J connectivity index is 1.24. The highest BCUT2D eigenvalue weighted by Crippen LogP contribution is 2.46. The summed E-state index contributed by atoms with van der Waals surface area (Å²) in [6.45, 7) is 9.06. The van der Waals surface area contributed by atoms with Crippen LogP contribution in [-0.4, -0.2) is 9.55 Å². The molecule has 0 aliphatic rings. The van der Waals surface area contributed by atoms with Crippen molar-refractivity contribution in [1.29, 1.82) is 5.26 Å². The highest BCUT2D eigenvalue weighted by molar-refractivity contribution is 6.11. The van der Waals surface area contributed by atoms with Gasteiger partial charge in [-0.05, 0) is 100 Å². The highest BCUT2D eigenvalue weighted by atomic mass is 16.3. The molecule has 0 fully saturated rings. The van der Waals surface area contributed by atoms with Crippen molar-refractivity contribution in [2.45, 2.75) is 39.5 Å². The summed E-state index contributed by atoms with van der Waals surface area (Å²) in [5.41, 5.74) is 14.6. The largest absolute Gasteiger partial charge is 0.456 e. The number of nitrogens with zero attached hydrogens (tertiary/aromatic N) is 3. The van der Waals surface area contributed by atoms with Crippen LogP contribution in [0.25, 0.3) is 94.2 Å². The molecule has 0 aliphatic heterocycles. The summed E-state index contributed by atoms with van der Waals surface area (Å²) >= 11 is 0. The molecule has 55 heavy (non-hydrogen) atoms. The van der Waals surface area contributed by atoms with E-state index in [0.717, 1.165) is 99.8 Å². The standard InChI is InChI=1S/C50H37N3O2/c1-29(2)40-27-41-37-23-20-34(32-13-6-5-7-14-32)25-45(37)55-49(41)46(30(3)4)47(40)53-43-19-9-8-18-42(43)52-50(53)39-17-11-16-38-36-22-21-35(26-44(36)54-48(38)39)33-15-10-12-31(24-33)28-51/h5-27,29-30H,1-4H3. The highest BCUT2D eigenvalue weighted by Gasteiger charge is 2.28. The van der Waals surface area contributed by atoms with E-state index in [0.29, 0.717) is 5.56 Å². The summed E-state index contributed by atoms with van der Waals surface area (Å²) < 4.78 is 16.1. The van der Waals surface area contributed by atoms with Crippen LogP contribution in [0, 0.1) is 11.3 Å². The summed E-state index contributed by atoms with van der Waals surface area (Å²) in [7, 11) is 0. The zero-order valence-electron chi connectivity index (χ0n) is 31.1. The van der Waals surface area contributed by atoms with Crippen molar-refractivity contribution >= 4 is 54.9 Å². The van der Waals surface area contributed by atoms with Crippen molar-refractivity contribution in [1.82, 2.24) is 9.55 Å². The average Bonchev–Trinajstić information content (AvgIpc) is 3.90. The predicted molar refractivity (Wildman–Crippen MR) is 225 cm³/mol. The molecule has 0 amide bonds. The number of nitriles is 1. The van der Waals surface area contributed by atoms with Gasteiger partial charge in [-0.1, -0.05) is 107 Å². The van der Waals surface area contributed by atoms with Crippen molar-refractivity contribution in [2.24, 2.45) is 0 Å². The first-order chi connectivity index (χ1) is 26.9.